The van der Waals surface area contributed by atoms with E-state index in [9.17, 15) is 14.7 Å². The number of likely N-dealkylation sites (tertiary alicyclic amines) is 1. The Kier molecular flexibility index (Phi) is 6.93. The van der Waals surface area contributed by atoms with Crippen LogP contribution in [-0.4, -0.2) is 35.4 Å². The molecule has 0 saturated carbocycles. The number of carbonyl (C=O) groups is 2. The number of aliphatic hydroxyl groups is 1. The highest BCUT2D eigenvalue weighted by atomic mass is 16.5. The third kappa shape index (κ3) is 4.25. The maximum Gasteiger partial charge on any atom is 0.295 e. The van der Waals surface area contributed by atoms with E-state index < -0.39 is 17.7 Å². The number of carbonyl (C=O) groups excluding carboxylic acids is 2. The first-order valence-electron chi connectivity index (χ1n) is 10.5. The van der Waals surface area contributed by atoms with E-state index in [-0.39, 0.29) is 11.3 Å². The topological polar surface area (TPSA) is 66.8 Å². The summed E-state index contributed by atoms with van der Waals surface area (Å²) in [4.78, 5) is 27.5. The second-order valence-corrected chi connectivity index (χ2v) is 7.66. The summed E-state index contributed by atoms with van der Waals surface area (Å²) >= 11 is 0. The molecule has 2 aromatic rings. The number of methoxy groups -OCH3 is 1. The zero-order chi connectivity index (χ0) is 21.7. The second-order valence-electron chi connectivity index (χ2n) is 7.66. The quantitative estimate of drug-likeness (QED) is 0.289. The molecule has 1 heterocycles. The molecule has 1 aliphatic heterocycles. The van der Waals surface area contributed by atoms with Crippen molar-refractivity contribution in [3.05, 3.63) is 70.8 Å². The fourth-order valence-electron chi connectivity index (χ4n) is 3.90. The lowest BCUT2D eigenvalue weighted by Gasteiger charge is -2.26. The monoisotopic (exact) mass is 407 g/mol. The van der Waals surface area contributed by atoms with E-state index in [4.69, 9.17) is 4.74 Å². The van der Waals surface area contributed by atoms with Gasteiger partial charge in [-0.15, -0.1) is 0 Å². The average Bonchev–Trinajstić information content (AvgIpc) is 3.01. The van der Waals surface area contributed by atoms with Gasteiger partial charge in [-0.2, -0.15) is 0 Å². The van der Waals surface area contributed by atoms with Crippen LogP contribution in [0.1, 0.15) is 55.3 Å². The molecular formula is C25H29NO4. The van der Waals surface area contributed by atoms with Crippen LogP contribution in [0.25, 0.3) is 5.76 Å². The van der Waals surface area contributed by atoms with Crippen molar-refractivity contribution < 1.29 is 19.4 Å². The van der Waals surface area contributed by atoms with Crippen molar-refractivity contribution in [1.82, 2.24) is 4.90 Å². The molecule has 1 saturated heterocycles. The lowest BCUT2D eigenvalue weighted by atomic mass is 9.94. The van der Waals surface area contributed by atoms with Gasteiger partial charge in [-0.3, -0.25) is 9.59 Å². The maximum atomic E-state index is 13.0. The predicted octanol–water partition coefficient (Wildman–Crippen LogP) is 5.01. The lowest BCUT2D eigenvalue weighted by Crippen LogP contribution is -2.30. The fraction of sp³-hybridized carbons (Fsp3) is 0.360. The van der Waals surface area contributed by atoms with Gasteiger partial charge in [0, 0.05) is 17.7 Å². The SMILES string of the molecule is CCCCCCN1C(=O)C(=O)/C(=C(/O)c2ccc(C)cc2)C1c1ccccc1OC. The third-order valence-electron chi connectivity index (χ3n) is 5.55. The van der Waals surface area contributed by atoms with E-state index in [1.54, 1.807) is 30.2 Å². The van der Waals surface area contributed by atoms with E-state index in [1.807, 2.05) is 37.3 Å². The van der Waals surface area contributed by atoms with Gasteiger partial charge in [-0.05, 0) is 19.4 Å². The Morgan fingerprint density at radius 1 is 1.03 bits per heavy atom. The van der Waals surface area contributed by atoms with Gasteiger partial charge in [0.25, 0.3) is 11.7 Å². The van der Waals surface area contributed by atoms with Crippen molar-refractivity contribution >= 4 is 17.4 Å². The van der Waals surface area contributed by atoms with Gasteiger partial charge in [-0.25, -0.2) is 0 Å². The van der Waals surface area contributed by atoms with Gasteiger partial charge in [0.05, 0.1) is 18.7 Å². The summed E-state index contributed by atoms with van der Waals surface area (Å²) in [6, 6.07) is 13.9. The van der Waals surface area contributed by atoms with E-state index in [1.165, 1.54) is 0 Å². The van der Waals surface area contributed by atoms with Gasteiger partial charge in [0.2, 0.25) is 0 Å². The number of aryl methyl sites for hydroxylation is 1. The van der Waals surface area contributed by atoms with Crippen molar-refractivity contribution in [3.63, 3.8) is 0 Å². The van der Waals surface area contributed by atoms with Crippen LogP contribution in [-0.2, 0) is 9.59 Å². The summed E-state index contributed by atoms with van der Waals surface area (Å²) in [5, 5.41) is 11.1. The predicted molar refractivity (Wildman–Crippen MR) is 117 cm³/mol. The molecule has 0 spiro atoms. The van der Waals surface area contributed by atoms with Crippen LogP contribution < -0.4 is 4.74 Å². The molecule has 0 aliphatic carbocycles. The largest absolute Gasteiger partial charge is 0.507 e. The number of ketones is 1. The Labute approximate surface area is 178 Å². The molecule has 2 aromatic carbocycles. The standard InChI is InChI=1S/C25H29NO4/c1-4-5-6-9-16-26-22(19-10-7-8-11-20(19)30-3)21(24(28)25(26)29)23(27)18-14-12-17(2)13-15-18/h7-8,10-15,22,27H,4-6,9,16H2,1-3H3/b23-21+. The number of hydrogen-bond acceptors (Lipinski definition) is 4. The number of benzene rings is 2. The van der Waals surface area contributed by atoms with Crippen LogP contribution in [0.5, 0.6) is 5.75 Å². The zero-order valence-electron chi connectivity index (χ0n) is 17.9. The van der Waals surface area contributed by atoms with Crippen molar-refractivity contribution in [3.8, 4) is 5.75 Å². The van der Waals surface area contributed by atoms with E-state index >= 15 is 0 Å². The van der Waals surface area contributed by atoms with Crippen molar-refractivity contribution in [1.29, 1.82) is 0 Å². The van der Waals surface area contributed by atoms with Crippen LogP contribution in [0.3, 0.4) is 0 Å². The number of hydrogen-bond donors (Lipinski definition) is 1. The first kappa shape index (κ1) is 21.6. The Hall–Kier alpha value is -3.08. The van der Waals surface area contributed by atoms with E-state index in [0.717, 1.165) is 31.2 Å². The number of amides is 1. The number of para-hydroxylation sites is 1. The Bertz CT molecular complexity index is 946. The van der Waals surface area contributed by atoms with E-state index in [0.29, 0.717) is 23.4 Å². The van der Waals surface area contributed by atoms with Gasteiger partial charge in [0.15, 0.2) is 0 Å². The summed E-state index contributed by atoms with van der Waals surface area (Å²) in [5.74, 6) is -0.798. The van der Waals surface area contributed by atoms with Crippen molar-refractivity contribution in [2.75, 3.05) is 13.7 Å². The molecule has 1 N–H and O–H groups in total. The minimum atomic E-state index is -0.677. The molecule has 1 amide bonds. The van der Waals surface area contributed by atoms with Crippen LogP contribution in [0.15, 0.2) is 54.1 Å². The number of ether oxygens (including phenoxy) is 1. The number of rotatable bonds is 8. The molecule has 30 heavy (non-hydrogen) atoms. The summed E-state index contributed by atoms with van der Waals surface area (Å²) in [5.41, 5.74) is 2.38. The molecule has 0 aromatic heterocycles. The minimum Gasteiger partial charge on any atom is -0.507 e. The maximum absolute atomic E-state index is 13.0. The Balaban J connectivity index is 2.11. The highest BCUT2D eigenvalue weighted by Crippen LogP contribution is 2.42. The van der Waals surface area contributed by atoms with Gasteiger partial charge < -0.3 is 14.7 Å². The molecule has 1 aliphatic rings. The third-order valence-corrected chi connectivity index (χ3v) is 5.55. The van der Waals surface area contributed by atoms with Crippen LogP contribution >= 0.6 is 0 Å². The summed E-state index contributed by atoms with van der Waals surface area (Å²) in [6.45, 7) is 4.54. The summed E-state index contributed by atoms with van der Waals surface area (Å²) in [6.07, 6.45) is 3.95. The van der Waals surface area contributed by atoms with Crippen molar-refractivity contribution in [2.24, 2.45) is 0 Å². The number of Topliss-reactive ketones (excluding diaryl/α,β-unsaturated/α-hetero) is 1. The highest BCUT2D eigenvalue weighted by molar-refractivity contribution is 6.46. The summed E-state index contributed by atoms with van der Waals surface area (Å²) < 4.78 is 5.52. The molecule has 1 atom stereocenters. The first-order valence-corrected chi connectivity index (χ1v) is 10.5. The molecule has 158 valence electrons. The number of unbranched alkanes of at least 4 members (excludes halogenated alkanes) is 3. The van der Waals surface area contributed by atoms with Gasteiger partial charge >= 0.3 is 0 Å². The Morgan fingerprint density at radius 2 is 1.73 bits per heavy atom. The molecule has 5 nitrogen and oxygen atoms in total. The number of nitrogens with zero attached hydrogens (tertiary/aromatic N) is 1. The normalized spacial score (nSPS) is 18.1. The van der Waals surface area contributed by atoms with Crippen LogP contribution in [0, 0.1) is 6.92 Å². The minimum absolute atomic E-state index is 0.115. The molecule has 1 unspecified atom stereocenters. The number of aliphatic hydroxyl groups excluding tert-OH is 1. The molecule has 3 rings (SSSR count). The van der Waals surface area contributed by atoms with Gasteiger partial charge in [-0.1, -0.05) is 74.2 Å². The molecular weight excluding hydrogens is 378 g/mol. The lowest BCUT2D eigenvalue weighted by molar-refractivity contribution is -0.139. The molecule has 5 heteroatoms. The zero-order valence-corrected chi connectivity index (χ0v) is 17.9. The first-order chi connectivity index (χ1) is 14.5. The van der Waals surface area contributed by atoms with E-state index in [2.05, 4.69) is 6.92 Å². The van der Waals surface area contributed by atoms with Crippen LogP contribution in [0.2, 0.25) is 0 Å². The van der Waals surface area contributed by atoms with Crippen molar-refractivity contribution in [2.45, 2.75) is 45.6 Å². The van der Waals surface area contributed by atoms with Crippen LogP contribution in [0.4, 0.5) is 0 Å². The molecule has 0 bridgehead atoms. The van der Waals surface area contributed by atoms with Gasteiger partial charge in [0.1, 0.15) is 11.5 Å². The molecule has 1 fully saturated rings. The fourth-order valence-corrected chi connectivity index (χ4v) is 3.90. The summed E-state index contributed by atoms with van der Waals surface area (Å²) in [7, 11) is 1.56. The second kappa shape index (κ2) is 9.61. The Morgan fingerprint density at radius 3 is 2.40 bits per heavy atom. The molecule has 0 radical (unpaired) electrons. The smallest absolute Gasteiger partial charge is 0.295 e. The average molecular weight is 408 g/mol. The highest BCUT2D eigenvalue weighted by Gasteiger charge is 2.46.